The third-order valence-electron chi connectivity index (χ3n) is 3.14. The normalized spacial score (nSPS) is 10.0. The number of amides is 2. The van der Waals surface area contributed by atoms with E-state index >= 15 is 0 Å². The molecule has 110 valence electrons. The molecule has 0 radical (unpaired) electrons. The Balaban J connectivity index is 2.91. The summed E-state index contributed by atoms with van der Waals surface area (Å²) in [5.74, 6) is -0.0411. The van der Waals surface area contributed by atoms with E-state index in [9.17, 15) is 9.59 Å². The van der Waals surface area contributed by atoms with E-state index in [0.717, 1.165) is 23.2 Å². The number of alkyl carbamates (subject to hydrolysis) is 1. The minimum Gasteiger partial charge on any atom is -0.453 e. The summed E-state index contributed by atoms with van der Waals surface area (Å²) in [6.45, 7) is 6.34. The Kier molecular flexibility index (Phi) is 6.03. The van der Waals surface area contributed by atoms with E-state index in [1.807, 2.05) is 25.1 Å². The Morgan fingerprint density at radius 1 is 1.35 bits per heavy atom. The lowest BCUT2D eigenvalue weighted by atomic mass is 10.0. The van der Waals surface area contributed by atoms with Gasteiger partial charge >= 0.3 is 6.09 Å². The largest absolute Gasteiger partial charge is 0.453 e. The number of anilines is 1. The number of para-hydroxylation sites is 1. The minimum atomic E-state index is -0.492. The molecule has 0 atom stereocenters. The molecule has 0 aliphatic carbocycles. The van der Waals surface area contributed by atoms with Gasteiger partial charge in [-0.2, -0.15) is 0 Å². The summed E-state index contributed by atoms with van der Waals surface area (Å²) < 4.78 is 4.51. The molecular formula is C15H22N2O3. The van der Waals surface area contributed by atoms with Crippen molar-refractivity contribution in [2.24, 2.45) is 0 Å². The maximum atomic E-state index is 11.9. The van der Waals surface area contributed by atoms with Gasteiger partial charge in [0.05, 0.1) is 7.11 Å². The number of nitrogens with one attached hydrogen (secondary N) is 1. The molecule has 1 rings (SSSR count). The highest BCUT2D eigenvalue weighted by Gasteiger charge is 2.16. The van der Waals surface area contributed by atoms with Crippen molar-refractivity contribution in [2.45, 2.75) is 27.2 Å². The highest BCUT2D eigenvalue weighted by molar-refractivity contribution is 5.93. The van der Waals surface area contributed by atoms with Crippen molar-refractivity contribution in [3.63, 3.8) is 0 Å². The van der Waals surface area contributed by atoms with Crippen molar-refractivity contribution in [3.05, 3.63) is 29.3 Å². The molecule has 0 unspecified atom stereocenters. The Morgan fingerprint density at radius 2 is 2.05 bits per heavy atom. The molecule has 0 saturated heterocycles. The Morgan fingerprint density at radius 3 is 2.60 bits per heavy atom. The van der Waals surface area contributed by atoms with Crippen molar-refractivity contribution in [1.82, 2.24) is 5.32 Å². The smallest absolute Gasteiger partial charge is 0.406 e. The standard InChI is InChI=1S/C15H22N2O3/c1-5-13-8-6-7-11(2)14(13)17(12(3)18)10-9-16-15(19)20-4/h6-8H,5,9-10H2,1-4H3,(H,16,19). The first-order valence-corrected chi connectivity index (χ1v) is 6.69. The quantitative estimate of drug-likeness (QED) is 0.898. The Labute approximate surface area is 119 Å². The first-order chi connectivity index (χ1) is 9.51. The molecule has 0 fully saturated rings. The molecule has 1 aromatic carbocycles. The summed E-state index contributed by atoms with van der Waals surface area (Å²) in [7, 11) is 1.31. The summed E-state index contributed by atoms with van der Waals surface area (Å²) in [5, 5.41) is 2.59. The van der Waals surface area contributed by atoms with Crippen LogP contribution in [0.5, 0.6) is 0 Å². The second-order valence-electron chi connectivity index (χ2n) is 4.53. The third kappa shape index (κ3) is 3.98. The van der Waals surface area contributed by atoms with Crippen LogP contribution in [0.4, 0.5) is 10.5 Å². The van der Waals surface area contributed by atoms with Crippen LogP contribution in [-0.4, -0.2) is 32.2 Å². The fourth-order valence-electron chi connectivity index (χ4n) is 2.16. The van der Waals surface area contributed by atoms with Gasteiger partial charge in [-0.05, 0) is 24.5 Å². The number of nitrogens with zero attached hydrogens (tertiary/aromatic N) is 1. The van der Waals surface area contributed by atoms with Gasteiger partial charge in [0, 0.05) is 25.7 Å². The topological polar surface area (TPSA) is 58.6 Å². The van der Waals surface area contributed by atoms with Crippen LogP contribution >= 0.6 is 0 Å². The van der Waals surface area contributed by atoms with Gasteiger partial charge < -0.3 is 15.0 Å². The second kappa shape index (κ2) is 7.53. The highest BCUT2D eigenvalue weighted by Crippen LogP contribution is 2.25. The van der Waals surface area contributed by atoms with Crippen LogP contribution in [0.1, 0.15) is 25.0 Å². The molecule has 2 amide bonds. The van der Waals surface area contributed by atoms with E-state index in [1.54, 1.807) is 4.90 Å². The van der Waals surface area contributed by atoms with Crippen molar-refractivity contribution in [2.75, 3.05) is 25.1 Å². The molecule has 0 aromatic heterocycles. The van der Waals surface area contributed by atoms with Crippen LogP contribution in [-0.2, 0) is 16.0 Å². The fraction of sp³-hybridized carbons (Fsp3) is 0.467. The van der Waals surface area contributed by atoms with Gasteiger partial charge in [-0.15, -0.1) is 0 Å². The zero-order valence-electron chi connectivity index (χ0n) is 12.5. The van der Waals surface area contributed by atoms with Crippen molar-refractivity contribution < 1.29 is 14.3 Å². The molecule has 5 heteroatoms. The van der Waals surface area contributed by atoms with Crippen molar-refractivity contribution >= 4 is 17.7 Å². The monoisotopic (exact) mass is 278 g/mol. The van der Waals surface area contributed by atoms with Crippen LogP contribution < -0.4 is 10.2 Å². The van der Waals surface area contributed by atoms with E-state index in [-0.39, 0.29) is 5.91 Å². The van der Waals surface area contributed by atoms with E-state index in [4.69, 9.17) is 0 Å². The number of benzene rings is 1. The van der Waals surface area contributed by atoms with Crippen molar-refractivity contribution in [3.8, 4) is 0 Å². The summed E-state index contributed by atoms with van der Waals surface area (Å²) in [5.41, 5.74) is 3.12. The molecule has 1 N–H and O–H groups in total. The number of hydrogen-bond donors (Lipinski definition) is 1. The minimum absolute atomic E-state index is 0.0411. The molecule has 0 aliphatic heterocycles. The number of ether oxygens (including phenoxy) is 1. The van der Waals surface area contributed by atoms with Gasteiger partial charge in [0.25, 0.3) is 0 Å². The number of methoxy groups -OCH3 is 1. The highest BCUT2D eigenvalue weighted by atomic mass is 16.5. The number of aryl methyl sites for hydroxylation is 2. The van der Waals surface area contributed by atoms with Gasteiger partial charge in [0.2, 0.25) is 5.91 Å². The zero-order chi connectivity index (χ0) is 15.1. The van der Waals surface area contributed by atoms with Crippen molar-refractivity contribution in [1.29, 1.82) is 0 Å². The second-order valence-corrected chi connectivity index (χ2v) is 4.53. The maximum absolute atomic E-state index is 11.9. The number of rotatable bonds is 5. The van der Waals surface area contributed by atoms with Crippen LogP contribution in [0.25, 0.3) is 0 Å². The lowest BCUT2D eigenvalue weighted by molar-refractivity contribution is -0.116. The van der Waals surface area contributed by atoms with Gasteiger partial charge in [-0.25, -0.2) is 4.79 Å². The Bertz CT molecular complexity index is 486. The zero-order valence-corrected chi connectivity index (χ0v) is 12.5. The SMILES string of the molecule is CCc1cccc(C)c1N(CCNC(=O)OC)C(C)=O. The summed E-state index contributed by atoms with van der Waals surface area (Å²) >= 11 is 0. The van der Waals surface area contributed by atoms with E-state index in [1.165, 1.54) is 14.0 Å². The van der Waals surface area contributed by atoms with Crippen LogP contribution in [0.15, 0.2) is 18.2 Å². The van der Waals surface area contributed by atoms with Gasteiger partial charge in [0.1, 0.15) is 0 Å². The first kappa shape index (κ1) is 16.0. The molecule has 1 aromatic rings. The number of carbonyl (C=O) groups excluding carboxylic acids is 2. The molecule has 0 bridgehead atoms. The molecular weight excluding hydrogens is 256 g/mol. The van der Waals surface area contributed by atoms with Crippen LogP contribution in [0.2, 0.25) is 0 Å². The molecule has 0 heterocycles. The fourth-order valence-corrected chi connectivity index (χ4v) is 2.16. The Hall–Kier alpha value is -2.04. The van der Waals surface area contributed by atoms with E-state index in [0.29, 0.717) is 13.1 Å². The van der Waals surface area contributed by atoms with Crippen LogP contribution in [0, 0.1) is 6.92 Å². The number of carbonyl (C=O) groups is 2. The predicted molar refractivity (Wildman–Crippen MR) is 79.0 cm³/mol. The maximum Gasteiger partial charge on any atom is 0.406 e. The van der Waals surface area contributed by atoms with E-state index in [2.05, 4.69) is 17.0 Å². The van der Waals surface area contributed by atoms with Gasteiger partial charge in [0.15, 0.2) is 0 Å². The third-order valence-corrected chi connectivity index (χ3v) is 3.14. The molecule has 5 nitrogen and oxygen atoms in total. The summed E-state index contributed by atoms with van der Waals surface area (Å²) in [6, 6.07) is 5.99. The summed E-state index contributed by atoms with van der Waals surface area (Å²) in [4.78, 5) is 24.6. The molecule has 0 spiro atoms. The van der Waals surface area contributed by atoms with Gasteiger partial charge in [-0.1, -0.05) is 25.1 Å². The number of hydrogen-bond acceptors (Lipinski definition) is 3. The average Bonchev–Trinajstić information content (AvgIpc) is 2.43. The predicted octanol–water partition coefficient (Wildman–Crippen LogP) is 2.27. The first-order valence-electron chi connectivity index (χ1n) is 6.69. The summed E-state index contributed by atoms with van der Waals surface area (Å²) in [6.07, 6.45) is 0.361. The lowest BCUT2D eigenvalue weighted by Gasteiger charge is -2.25. The van der Waals surface area contributed by atoms with E-state index < -0.39 is 6.09 Å². The van der Waals surface area contributed by atoms with Crippen LogP contribution in [0.3, 0.4) is 0 Å². The molecule has 0 aliphatic rings. The average molecular weight is 278 g/mol. The molecule has 20 heavy (non-hydrogen) atoms. The van der Waals surface area contributed by atoms with Gasteiger partial charge in [-0.3, -0.25) is 4.79 Å². The lowest BCUT2D eigenvalue weighted by Crippen LogP contribution is -2.38. The molecule has 0 saturated carbocycles.